The third-order valence-electron chi connectivity index (χ3n) is 17.9. The minimum Gasteiger partial charge on any atom is -0.490 e. The molecule has 0 saturated carbocycles. The Kier molecular flexibility index (Phi) is 29.3. The van der Waals surface area contributed by atoms with Crippen molar-refractivity contribution in [2.24, 2.45) is 29.6 Å². The zero-order chi connectivity index (χ0) is 66.1. The summed E-state index contributed by atoms with van der Waals surface area (Å²) in [5.74, 6) is 0.502. The minimum absolute atomic E-state index is 0.000457. The van der Waals surface area contributed by atoms with Crippen molar-refractivity contribution in [1.29, 1.82) is 0 Å². The molecular weight excluding hydrogens is 1190 g/mol. The topological polar surface area (TPSA) is 209 Å². The number of nitrogens with zero attached hydrogens (tertiary/aromatic N) is 3. The third-order valence-corrected chi connectivity index (χ3v) is 17.9. The standard InChI is InChI=1S/C39H48N4O4.C28H39N3O2.C12H11NO2/c44-32(29-47-37-21-11-20-36-34(37)19-12-25-40-36)27-43-26-22-33(38(45)41-23-9-7-17-30-13-3-1-4-14-30)35(28-43)39(46)42-24-10-8-18-31-15-5-2-6-16-31;1-22(20-24-13-6-3-7-14-24)15-19-31-27(32)25-16-18-29-21-26(25)28(33)30-17-9-8-12-23-10-4-2-5-11-23;1-4-11-10(3-2-6-13-11)12(5-1)15-8-9-7-14-9/h1-6,11-16,19-21,25,32-33,35,44H,7-10,17-18,22-24,26-29H2,(H,41,45)(H,42,46);2-7,10-11,13-14,22,25-26,29H,8-9,12,15-21H2,1H3,(H,30,33)(H,31,32);1-6,9H,7-8H2/t32-,33-,35+;22?,25-,26+;9-/m111/s1. The maximum Gasteiger partial charge on any atom is 0.225 e. The Morgan fingerprint density at radius 3 is 1.52 bits per heavy atom. The Morgan fingerprint density at radius 1 is 0.537 bits per heavy atom. The van der Waals surface area contributed by atoms with Gasteiger partial charge >= 0.3 is 0 Å². The highest BCUT2D eigenvalue weighted by molar-refractivity contribution is 5.89. The number of hydrogen-bond acceptors (Lipinski definition) is 12. The van der Waals surface area contributed by atoms with Crippen molar-refractivity contribution in [3.05, 3.63) is 217 Å². The second kappa shape index (κ2) is 39.4. The van der Waals surface area contributed by atoms with Crippen LogP contribution in [0.1, 0.15) is 87.0 Å². The molecule has 0 aliphatic carbocycles. The highest BCUT2D eigenvalue weighted by Gasteiger charge is 2.39. The van der Waals surface area contributed by atoms with Gasteiger partial charge in [-0.2, -0.15) is 0 Å². The van der Waals surface area contributed by atoms with Crippen LogP contribution < -0.4 is 36.1 Å². The molecule has 6 aromatic carbocycles. The molecule has 3 aliphatic rings. The van der Waals surface area contributed by atoms with Crippen LogP contribution in [-0.2, 0) is 49.6 Å². The van der Waals surface area contributed by atoms with E-state index in [4.69, 9.17) is 14.2 Å². The summed E-state index contributed by atoms with van der Waals surface area (Å²) in [5.41, 5.74) is 7.05. The lowest BCUT2D eigenvalue weighted by Gasteiger charge is -2.37. The molecule has 0 radical (unpaired) electrons. The van der Waals surface area contributed by atoms with Gasteiger partial charge in [-0.05, 0) is 173 Å². The van der Waals surface area contributed by atoms with Crippen molar-refractivity contribution in [1.82, 2.24) is 41.5 Å². The summed E-state index contributed by atoms with van der Waals surface area (Å²) in [5, 5.41) is 28.6. The SMILES string of the molecule is CC(CCNC(=O)[C@@H]1CCNC[C@@H]1C(=O)NCCCCc1ccccc1)Cc1ccccc1.O=C(NCCCCc1ccccc1)[C@H]1CN(C[C@@H](O)COc2cccc3ncccc23)CC[C@H]1C(=O)NCCCCc1ccccc1.c1cc(OC[C@H]2CO2)c2cccnc2c1. The number of aliphatic hydroxyl groups is 1. The van der Waals surface area contributed by atoms with Crippen molar-refractivity contribution < 1.29 is 38.5 Å². The van der Waals surface area contributed by atoms with Gasteiger partial charge in [-0.15, -0.1) is 0 Å². The lowest BCUT2D eigenvalue weighted by molar-refractivity contribution is -0.138. The summed E-state index contributed by atoms with van der Waals surface area (Å²) >= 11 is 0. The maximum atomic E-state index is 13.5. The van der Waals surface area contributed by atoms with Gasteiger partial charge in [0.05, 0.1) is 41.3 Å². The van der Waals surface area contributed by atoms with Crippen LogP contribution in [0.3, 0.4) is 0 Å². The average Bonchev–Trinajstić information content (AvgIpc) is 1.70. The molecule has 7 atom stereocenters. The van der Waals surface area contributed by atoms with Crippen molar-refractivity contribution in [3.8, 4) is 11.5 Å². The zero-order valence-corrected chi connectivity index (χ0v) is 55.3. The van der Waals surface area contributed by atoms with Crippen LogP contribution in [0, 0.1) is 29.6 Å². The number of epoxide rings is 1. The summed E-state index contributed by atoms with van der Waals surface area (Å²) < 4.78 is 16.8. The van der Waals surface area contributed by atoms with Gasteiger partial charge in [0.25, 0.3) is 0 Å². The van der Waals surface area contributed by atoms with Crippen LogP contribution in [0.4, 0.5) is 0 Å². The fraction of sp³-hybridized carbons (Fsp3) is 0.418. The number of carbonyl (C=O) groups excluding carboxylic acids is 4. The van der Waals surface area contributed by atoms with Crippen LogP contribution in [0.2, 0.25) is 0 Å². The molecule has 8 aromatic rings. The van der Waals surface area contributed by atoms with Gasteiger partial charge in [0.15, 0.2) is 0 Å². The van der Waals surface area contributed by atoms with Gasteiger partial charge in [-0.25, -0.2) is 0 Å². The normalized spacial score (nSPS) is 18.1. The Morgan fingerprint density at radius 2 is 1.00 bits per heavy atom. The highest BCUT2D eigenvalue weighted by Crippen LogP contribution is 2.28. The van der Waals surface area contributed by atoms with E-state index in [9.17, 15) is 24.3 Å². The fourth-order valence-corrected chi connectivity index (χ4v) is 12.5. The Hall–Kier alpha value is -8.54. The van der Waals surface area contributed by atoms with E-state index in [2.05, 4.69) is 121 Å². The molecule has 11 rings (SSSR count). The Bertz CT molecular complexity index is 3540. The molecule has 1 unspecified atom stereocenters. The van der Waals surface area contributed by atoms with Crippen LogP contribution in [0.25, 0.3) is 21.8 Å². The van der Waals surface area contributed by atoms with Gasteiger partial charge in [-0.1, -0.05) is 140 Å². The first-order valence-corrected chi connectivity index (χ1v) is 34.6. The number of ether oxygens (including phenoxy) is 3. The van der Waals surface area contributed by atoms with Crippen LogP contribution in [-0.4, -0.2) is 135 Å². The number of aliphatic hydroxyl groups excluding tert-OH is 1. The minimum atomic E-state index is -0.751. The molecule has 3 aliphatic heterocycles. The zero-order valence-electron chi connectivity index (χ0n) is 55.3. The first-order chi connectivity index (χ1) is 46.6. The van der Waals surface area contributed by atoms with Crippen molar-refractivity contribution in [3.63, 3.8) is 0 Å². The van der Waals surface area contributed by atoms with E-state index in [0.717, 1.165) is 111 Å². The number of aromatic nitrogens is 2. The van der Waals surface area contributed by atoms with E-state index >= 15 is 0 Å². The van der Waals surface area contributed by atoms with E-state index in [1.807, 2.05) is 109 Å². The molecule has 4 amide bonds. The number of likely N-dealkylation sites (tertiary alicyclic amines) is 1. The number of β-amino-alcohol motifs (C(OH)–C–C–N with tert-alkyl or cyclic N) is 1. The van der Waals surface area contributed by atoms with E-state index in [1.165, 1.54) is 22.3 Å². The quantitative estimate of drug-likeness (QED) is 0.0172. The lowest BCUT2D eigenvalue weighted by Crippen LogP contribution is -2.53. The molecule has 5 heterocycles. The van der Waals surface area contributed by atoms with Gasteiger partial charge in [0.1, 0.15) is 36.9 Å². The van der Waals surface area contributed by atoms with Crippen LogP contribution in [0.15, 0.2) is 194 Å². The predicted octanol–water partition coefficient (Wildman–Crippen LogP) is 10.9. The van der Waals surface area contributed by atoms with Gasteiger partial charge in [0, 0.05) is 69.0 Å². The van der Waals surface area contributed by atoms with Crippen molar-refractivity contribution >= 4 is 45.4 Å². The number of amides is 4. The average molecular weight is 1290 g/mol. The summed E-state index contributed by atoms with van der Waals surface area (Å²) in [7, 11) is 0. The Balaban J connectivity index is 0.000000189. The lowest BCUT2D eigenvalue weighted by atomic mass is 9.83. The van der Waals surface area contributed by atoms with Gasteiger partial charge < -0.3 is 45.9 Å². The van der Waals surface area contributed by atoms with E-state index < -0.39 is 17.9 Å². The number of unbranched alkanes of at least 4 members (excludes halogenated alkanes) is 3. The molecule has 95 heavy (non-hydrogen) atoms. The smallest absolute Gasteiger partial charge is 0.225 e. The number of fused-ring (bicyclic) bond motifs is 2. The maximum absolute atomic E-state index is 13.5. The number of aryl methyl sites for hydroxylation is 3. The molecule has 0 spiro atoms. The van der Waals surface area contributed by atoms with E-state index in [-0.39, 0.29) is 48.2 Å². The number of pyridine rings is 2. The largest absolute Gasteiger partial charge is 0.490 e. The summed E-state index contributed by atoms with van der Waals surface area (Å²) in [4.78, 5) is 63.3. The molecule has 6 N–H and O–H groups in total. The molecule has 0 bridgehead atoms. The molecule has 16 nitrogen and oxygen atoms in total. The van der Waals surface area contributed by atoms with Crippen LogP contribution in [0.5, 0.6) is 11.5 Å². The molecule has 2 aromatic heterocycles. The molecule has 502 valence electrons. The molecule has 3 fully saturated rings. The number of piperidine rings is 2. The summed E-state index contributed by atoms with van der Waals surface area (Å²) in [6.45, 7) is 9.03. The van der Waals surface area contributed by atoms with E-state index in [0.29, 0.717) is 83.5 Å². The van der Waals surface area contributed by atoms with Gasteiger partial charge in [0.2, 0.25) is 23.6 Å². The number of benzene rings is 6. The number of hydrogen-bond donors (Lipinski definition) is 6. The summed E-state index contributed by atoms with van der Waals surface area (Å²) in [6, 6.07) is 61.0. The first kappa shape index (κ1) is 70.8. The number of carbonyl (C=O) groups is 4. The van der Waals surface area contributed by atoms with E-state index in [1.54, 1.807) is 12.4 Å². The first-order valence-electron chi connectivity index (χ1n) is 34.6. The monoisotopic (exact) mass is 1290 g/mol. The second-order valence-corrected chi connectivity index (χ2v) is 25.4. The number of rotatable bonds is 32. The van der Waals surface area contributed by atoms with Gasteiger partial charge in [-0.3, -0.25) is 34.0 Å². The van der Waals surface area contributed by atoms with Crippen molar-refractivity contribution in [2.75, 3.05) is 78.7 Å². The number of nitrogens with one attached hydrogen (secondary N) is 5. The predicted molar refractivity (Wildman–Crippen MR) is 377 cm³/mol. The van der Waals surface area contributed by atoms with Crippen LogP contribution >= 0.6 is 0 Å². The summed E-state index contributed by atoms with van der Waals surface area (Å²) in [6.07, 6.45) is 15.0. The van der Waals surface area contributed by atoms with Crippen molar-refractivity contribution in [2.45, 2.75) is 103 Å². The fourth-order valence-electron chi connectivity index (χ4n) is 12.5. The second-order valence-electron chi connectivity index (χ2n) is 25.4. The molecule has 3 saturated heterocycles. The highest BCUT2D eigenvalue weighted by atomic mass is 16.6. The molecule has 16 heteroatoms. The Labute approximate surface area is 561 Å². The third kappa shape index (κ3) is 24.3. The molecular formula is C79H98N8O8.